The van der Waals surface area contributed by atoms with E-state index in [1.54, 1.807) is 6.33 Å². The van der Waals surface area contributed by atoms with E-state index in [9.17, 15) is 0 Å². The van der Waals surface area contributed by atoms with E-state index in [0.29, 0.717) is 12.5 Å². The fraction of sp³-hybridized carbons (Fsp3) is 0.571. The van der Waals surface area contributed by atoms with E-state index in [2.05, 4.69) is 31.9 Å². The summed E-state index contributed by atoms with van der Waals surface area (Å²) in [7, 11) is 2.04. The van der Waals surface area contributed by atoms with Crippen molar-refractivity contribution in [2.24, 2.45) is 10.9 Å². The molecule has 30 heavy (non-hydrogen) atoms. The van der Waals surface area contributed by atoms with Crippen molar-refractivity contribution < 1.29 is 9.47 Å². The van der Waals surface area contributed by atoms with Gasteiger partial charge in [0, 0.05) is 45.6 Å². The van der Waals surface area contributed by atoms with Crippen molar-refractivity contribution in [1.82, 2.24) is 25.0 Å². The van der Waals surface area contributed by atoms with E-state index in [0.717, 1.165) is 69.8 Å². The van der Waals surface area contributed by atoms with Gasteiger partial charge in [0.25, 0.3) is 0 Å². The number of rotatable bonds is 10. The number of nitrogens with zero attached hydrogens (tertiary/aromatic N) is 5. The Morgan fingerprint density at radius 1 is 1.37 bits per heavy atom. The number of hydrogen-bond donors (Lipinski definition) is 1. The highest BCUT2D eigenvalue weighted by molar-refractivity contribution is 14.0. The van der Waals surface area contributed by atoms with Gasteiger partial charge in [0.15, 0.2) is 5.96 Å². The molecule has 1 unspecified atom stereocenters. The third kappa shape index (κ3) is 7.75. The first kappa shape index (κ1) is 24.4. The number of guanidine groups is 1. The average Bonchev–Trinajstić information content (AvgIpc) is 3.43. The highest BCUT2D eigenvalue weighted by Crippen LogP contribution is 2.12. The zero-order chi connectivity index (χ0) is 20.3. The largest absolute Gasteiger partial charge is 0.492 e. The van der Waals surface area contributed by atoms with Crippen molar-refractivity contribution in [2.75, 3.05) is 46.5 Å². The smallest absolute Gasteiger partial charge is 0.193 e. The fourth-order valence-corrected chi connectivity index (χ4v) is 3.21. The van der Waals surface area contributed by atoms with Crippen molar-refractivity contribution in [3.8, 4) is 5.75 Å². The van der Waals surface area contributed by atoms with Crippen molar-refractivity contribution in [2.45, 2.75) is 26.3 Å². The molecule has 1 aromatic carbocycles. The molecule has 0 bridgehead atoms. The molecule has 0 aliphatic carbocycles. The highest BCUT2D eigenvalue weighted by atomic mass is 127. The summed E-state index contributed by atoms with van der Waals surface area (Å²) in [5.74, 6) is 3.28. The van der Waals surface area contributed by atoms with E-state index in [-0.39, 0.29) is 24.0 Å². The van der Waals surface area contributed by atoms with Crippen LogP contribution in [0.15, 0.2) is 41.7 Å². The Labute approximate surface area is 196 Å². The Balaban J connectivity index is 0.00000320. The third-order valence-corrected chi connectivity index (χ3v) is 4.97. The topological polar surface area (TPSA) is 76.8 Å². The number of ether oxygens (including phenoxy) is 2. The van der Waals surface area contributed by atoms with Gasteiger partial charge in [-0.2, -0.15) is 0 Å². The normalized spacial score (nSPS) is 16.2. The van der Waals surface area contributed by atoms with E-state index in [1.165, 1.54) is 0 Å². The third-order valence-electron chi connectivity index (χ3n) is 4.97. The second kappa shape index (κ2) is 13.4. The van der Waals surface area contributed by atoms with Gasteiger partial charge in [-0.1, -0.05) is 25.1 Å². The molecule has 1 N–H and O–H groups in total. The predicted octanol–water partition coefficient (Wildman–Crippen LogP) is 2.45. The Kier molecular flexibility index (Phi) is 10.9. The van der Waals surface area contributed by atoms with Gasteiger partial charge < -0.3 is 24.3 Å². The molecule has 9 heteroatoms. The molecule has 8 nitrogen and oxygen atoms in total. The molecule has 3 rings (SSSR count). The molecule has 0 saturated carbocycles. The van der Waals surface area contributed by atoms with E-state index >= 15 is 0 Å². The van der Waals surface area contributed by atoms with Crippen LogP contribution < -0.4 is 10.1 Å². The van der Waals surface area contributed by atoms with Gasteiger partial charge >= 0.3 is 0 Å². The van der Waals surface area contributed by atoms with Crippen molar-refractivity contribution in [1.29, 1.82) is 0 Å². The lowest BCUT2D eigenvalue weighted by Crippen LogP contribution is -2.42. The van der Waals surface area contributed by atoms with Crippen LogP contribution in [0.5, 0.6) is 5.75 Å². The maximum atomic E-state index is 5.83. The minimum absolute atomic E-state index is 0. The van der Waals surface area contributed by atoms with Crippen molar-refractivity contribution in [3.63, 3.8) is 0 Å². The molecule has 1 saturated heterocycles. The molecule has 0 spiro atoms. The van der Waals surface area contributed by atoms with Crippen molar-refractivity contribution >= 4 is 29.9 Å². The van der Waals surface area contributed by atoms with Crippen LogP contribution in [0.25, 0.3) is 0 Å². The van der Waals surface area contributed by atoms with Crippen LogP contribution in [0.3, 0.4) is 0 Å². The molecule has 1 fully saturated rings. The molecule has 1 aliphatic rings. The standard InChI is InChI=1S/C21H32N6O2.HI/c1-3-20-25-24-17-27(20)11-10-22-21(23-15-18-9-13-28-16-18)26(2)12-14-29-19-7-5-4-6-8-19;/h4-8,17-18H,3,9-16H2,1-2H3,(H,22,23);1H. The minimum Gasteiger partial charge on any atom is -0.492 e. The molecule has 2 heterocycles. The van der Waals surface area contributed by atoms with E-state index in [4.69, 9.17) is 14.5 Å². The second-order valence-corrected chi connectivity index (χ2v) is 7.20. The van der Waals surface area contributed by atoms with Crippen LogP contribution in [0.4, 0.5) is 0 Å². The number of likely N-dealkylation sites (N-methyl/N-ethyl adjacent to an activating group) is 1. The van der Waals surface area contributed by atoms with Gasteiger partial charge in [0.2, 0.25) is 0 Å². The van der Waals surface area contributed by atoms with E-state index < -0.39 is 0 Å². The van der Waals surface area contributed by atoms with E-state index in [1.807, 2.05) is 37.4 Å². The lowest BCUT2D eigenvalue weighted by molar-refractivity contribution is 0.187. The summed E-state index contributed by atoms with van der Waals surface area (Å²) in [5, 5.41) is 11.6. The quantitative estimate of drug-likeness (QED) is 0.290. The lowest BCUT2D eigenvalue weighted by Gasteiger charge is -2.23. The first-order chi connectivity index (χ1) is 14.3. The number of aromatic nitrogens is 3. The van der Waals surface area contributed by atoms with Gasteiger partial charge in [-0.25, -0.2) is 0 Å². The number of aliphatic imine (C=N–C) groups is 1. The first-order valence-electron chi connectivity index (χ1n) is 10.4. The van der Waals surface area contributed by atoms with Crippen LogP contribution in [0.1, 0.15) is 19.2 Å². The van der Waals surface area contributed by atoms with Gasteiger partial charge in [-0.3, -0.25) is 4.99 Å². The molecule has 1 atom stereocenters. The maximum absolute atomic E-state index is 5.83. The number of aryl methyl sites for hydroxylation is 1. The van der Waals surface area contributed by atoms with Crippen LogP contribution in [0, 0.1) is 5.92 Å². The van der Waals surface area contributed by atoms with Crippen LogP contribution in [-0.4, -0.2) is 72.1 Å². The first-order valence-corrected chi connectivity index (χ1v) is 10.4. The number of benzene rings is 1. The van der Waals surface area contributed by atoms with Crippen LogP contribution in [0.2, 0.25) is 0 Å². The number of nitrogens with one attached hydrogen (secondary N) is 1. The lowest BCUT2D eigenvalue weighted by atomic mass is 10.1. The van der Waals surface area contributed by atoms with Crippen LogP contribution >= 0.6 is 24.0 Å². The van der Waals surface area contributed by atoms with Gasteiger partial charge in [0.1, 0.15) is 24.5 Å². The summed E-state index contributed by atoms with van der Waals surface area (Å²) in [4.78, 5) is 6.96. The zero-order valence-corrected chi connectivity index (χ0v) is 20.2. The second-order valence-electron chi connectivity index (χ2n) is 7.20. The van der Waals surface area contributed by atoms with Crippen LogP contribution in [-0.2, 0) is 17.7 Å². The van der Waals surface area contributed by atoms with Crippen molar-refractivity contribution in [3.05, 3.63) is 42.5 Å². The Hall–Kier alpha value is -1.88. The monoisotopic (exact) mass is 528 g/mol. The molecule has 1 aromatic heterocycles. The Morgan fingerprint density at radius 2 is 2.20 bits per heavy atom. The summed E-state index contributed by atoms with van der Waals surface area (Å²) in [6.07, 6.45) is 3.74. The summed E-state index contributed by atoms with van der Waals surface area (Å²) < 4.78 is 13.4. The number of halogens is 1. The maximum Gasteiger partial charge on any atom is 0.193 e. The Bertz CT molecular complexity index is 749. The minimum atomic E-state index is 0. The molecule has 166 valence electrons. The molecular weight excluding hydrogens is 495 g/mol. The summed E-state index contributed by atoms with van der Waals surface area (Å²) in [6, 6.07) is 9.88. The summed E-state index contributed by atoms with van der Waals surface area (Å²) in [5.41, 5.74) is 0. The summed E-state index contributed by atoms with van der Waals surface area (Å²) in [6.45, 7) is 7.41. The van der Waals surface area contributed by atoms with Gasteiger partial charge in [0.05, 0.1) is 13.2 Å². The van der Waals surface area contributed by atoms with Gasteiger partial charge in [-0.05, 0) is 18.6 Å². The molecule has 2 aromatic rings. The predicted molar refractivity (Wildman–Crippen MR) is 129 cm³/mol. The highest BCUT2D eigenvalue weighted by Gasteiger charge is 2.16. The molecule has 0 amide bonds. The number of hydrogen-bond acceptors (Lipinski definition) is 5. The fourth-order valence-electron chi connectivity index (χ4n) is 3.21. The molecule has 0 radical (unpaired) electrons. The molecular formula is C21H33IN6O2. The molecule has 1 aliphatic heterocycles. The average molecular weight is 528 g/mol. The number of para-hydroxylation sites is 1. The van der Waals surface area contributed by atoms with Gasteiger partial charge in [-0.15, -0.1) is 34.2 Å². The zero-order valence-electron chi connectivity index (χ0n) is 17.9. The SMILES string of the molecule is CCc1nncn1CCNC(=NCC1CCOC1)N(C)CCOc1ccccc1.I. The summed E-state index contributed by atoms with van der Waals surface area (Å²) >= 11 is 0. The Morgan fingerprint density at radius 3 is 2.93 bits per heavy atom.